The maximum absolute atomic E-state index is 13.0. The first-order chi connectivity index (χ1) is 14.9. The summed E-state index contributed by atoms with van der Waals surface area (Å²) in [5.74, 6) is 1.46. The summed E-state index contributed by atoms with van der Waals surface area (Å²) in [4.78, 5) is 13.5. The lowest BCUT2D eigenvalue weighted by Crippen LogP contribution is -2.14. The Hall–Kier alpha value is -3.52. The van der Waals surface area contributed by atoms with Gasteiger partial charge in [-0.2, -0.15) is 0 Å². The number of methoxy groups -OCH3 is 2. The number of nitrogens with one attached hydrogen (secondary N) is 1. The summed E-state index contributed by atoms with van der Waals surface area (Å²) in [5.41, 5.74) is 0.702. The van der Waals surface area contributed by atoms with Gasteiger partial charge in [0.15, 0.2) is 17.2 Å². The van der Waals surface area contributed by atoms with Gasteiger partial charge in [-0.3, -0.25) is 4.79 Å². The van der Waals surface area contributed by atoms with Crippen LogP contribution in [0.15, 0.2) is 76.0 Å². The molecule has 0 aliphatic heterocycles. The van der Waals surface area contributed by atoms with Crippen LogP contribution in [0.1, 0.15) is 10.4 Å². The van der Waals surface area contributed by atoms with E-state index in [1.165, 1.54) is 20.4 Å². The number of hydrogen-bond acceptors (Lipinski definition) is 6. The molecule has 0 saturated heterocycles. The fourth-order valence-electron chi connectivity index (χ4n) is 2.87. The first kappa shape index (κ1) is 22.2. The van der Waals surface area contributed by atoms with Crippen molar-refractivity contribution in [2.75, 3.05) is 32.8 Å². The third-order valence-electron chi connectivity index (χ3n) is 4.62. The molecule has 1 unspecified atom stereocenters. The second-order valence-electron chi connectivity index (χ2n) is 6.55. The molecule has 0 aliphatic carbocycles. The molecule has 8 heteroatoms. The molecule has 1 amide bonds. The van der Waals surface area contributed by atoms with Crippen LogP contribution in [0.5, 0.6) is 23.0 Å². The van der Waals surface area contributed by atoms with Crippen molar-refractivity contribution >= 4 is 21.3 Å². The summed E-state index contributed by atoms with van der Waals surface area (Å²) in [6.07, 6.45) is 1.53. The van der Waals surface area contributed by atoms with Gasteiger partial charge in [0.1, 0.15) is 11.4 Å². The van der Waals surface area contributed by atoms with E-state index < -0.39 is 15.6 Å². The summed E-state index contributed by atoms with van der Waals surface area (Å²) in [7, 11) is 1.99. The Balaban J connectivity index is 1.97. The number of benzene rings is 3. The van der Waals surface area contributed by atoms with Crippen LogP contribution in [0.25, 0.3) is 0 Å². The molecule has 3 aromatic rings. The molecule has 0 fully saturated rings. The Morgan fingerprint density at radius 3 is 2.16 bits per heavy atom. The van der Waals surface area contributed by atoms with Crippen LogP contribution in [0.3, 0.4) is 0 Å². The van der Waals surface area contributed by atoms with Crippen LogP contribution in [-0.2, 0) is 9.73 Å². The molecule has 3 aromatic carbocycles. The summed E-state index contributed by atoms with van der Waals surface area (Å²) in [6, 6.07) is 19.0. The molecule has 0 radical (unpaired) electrons. The van der Waals surface area contributed by atoms with Crippen LogP contribution in [-0.4, -0.2) is 37.6 Å². The Morgan fingerprint density at radius 2 is 1.48 bits per heavy atom. The van der Waals surface area contributed by atoms with Crippen LogP contribution in [0.4, 0.5) is 5.69 Å². The highest BCUT2D eigenvalue weighted by Gasteiger charge is 2.18. The van der Waals surface area contributed by atoms with Gasteiger partial charge >= 0.3 is 0 Å². The Morgan fingerprint density at radius 1 is 0.871 bits per heavy atom. The number of amides is 1. The standard InChI is InChI=1S/C23H24N2O5S/c1-24-31(4,27)17-10-7-9-16(15-17)23(26)25-22-20(29-3)13-8-14-21(22)30-19-12-6-5-11-18(19)28-2/h5-15H,1-4H3,(H,25,26). The number of carbonyl (C=O) groups is 1. The van der Waals surface area contributed by atoms with Gasteiger partial charge in [0.25, 0.3) is 5.91 Å². The maximum atomic E-state index is 13.0. The fraction of sp³-hybridized carbons (Fsp3) is 0.174. The molecule has 0 aromatic heterocycles. The number of carbonyl (C=O) groups excluding carboxylic acids is 1. The maximum Gasteiger partial charge on any atom is 0.255 e. The predicted molar refractivity (Wildman–Crippen MR) is 121 cm³/mol. The largest absolute Gasteiger partial charge is 0.494 e. The van der Waals surface area contributed by atoms with Crippen molar-refractivity contribution in [3.05, 3.63) is 72.3 Å². The lowest BCUT2D eigenvalue weighted by molar-refractivity contribution is 0.102. The van der Waals surface area contributed by atoms with Crippen molar-refractivity contribution in [2.24, 2.45) is 4.36 Å². The van der Waals surface area contributed by atoms with Crippen LogP contribution >= 0.6 is 0 Å². The van der Waals surface area contributed by atoms with Gasteiger partial charge in [-0.1, -0.05) is 24.3 Å². The summed E-state index contributed by atoms with van der Waals surface area (Å²) in [6.45, 7) is 0. The highest BCUT2D eigenvalue weighted by molar-refractivity contribution is 7.93. The Bertz CT molecular complexity index is 1220. The third-order valence-corrected chi connectivity index (χ3v) is 6.44. The van der Waals surface area contributed by atoms with Crippen molar-refractivity contribution in [3.8, 4) is 23.0 Å². The van der Waals surface area contributed by atoms with Crippen LogP contribution in [0, 0.1) is 0 Å². The molecule has 0 saturated carbocycles. The van der Waals surface area contributed by atoms with E-state index in [1.807, 2.05) is 12.1 Å². The molecule has 0 heterocycles. The molecular weight excluding hydrogens is 416 g/mol. The molecule has 7 nitrogen and oxygen atoms in total. The van der Waals surface area contributed by atoms with Gasteiger partial charge in [-0.15, -0.1) is 0 Å². The number of nitrogens with zero attached hydrogens (tertiary/aromatic N) is 1. The minimum atomic E-state index is -2.56. The lowest BCUT2D eigenvalue weighted by atomic mass is 10.2. The molecule has 1 atom stereocenters. The summed E-state index contributed by atoms with van der Waals surface area (Å²) < 4.78 is 33.3. The number of hydrogen-bond donors (Lipinski definition) is 1. The van der Waals surface area contributed by atoms with Crippen molar-refractivity contribution in [1.29, 1.82) is 0 Å². The summed E-state index contributed by atoms with van der Waals surface area (Å²) >= 11 is 0. The molecule has 3 rings (SSSR count). The highest BCUT2D eigenvalue weighted by atomic mass is 32.2. The average molecular weight is 441 g/mol. The smallest absolute Gasteiger partial charge is 0.255 e. The minimum absolute atomic E-state index is 0.338. The van der Waals surface area contributed by atoms with Gasteiger partial charge in [-0.25, -0.2) is 8.57 Å². The van der Waals surface area contributed by atoms with E-state index in [0.717, 1.165) is 0 Å². The van der Waals surface area contributed by atoms with Crippen molar-refractivity contribution < 1.29 is 23.2 Å². The van der Waals surface area contributed by atoms with Crippen molar-refractivity contribution in [2.45, 2.75) is 4.90 Å². The first-order valence-electron chi connectivity index (χ1n) is 9.39. The van der Waals surface area contributed by atoms with E-state index in [0.29, 0.717) is 39.1 Å². The van der Waals surface area contributed by atoms with Gasteiger partial charge in [-0.05, 0) is 42.5 Å². The zero-order valence-electron chi connectivity index (χ0n) is 17.7. The van der Waals surface area contributed by atoms with Crippen molar-refractivity contribution in [1.82, 2.24) is 0 Å². The van der Waals surface area contributed by atoms with E-state index in [-0.39, 0.29) is 0 Å². The zero-order chi connectivity index (χ0) is 22.4. The zero-order valence-corrected chi connectivity index (χ0v) is 18.6. The lowest BCUT2D eigenvalue weighted by Gasteiger charge is -2.17. The predicted octanol–water partition coefficient (Wildman–Crippen LogP) is 4.83. The normalized spacial score (nSPS) is 12.4. The van der Waals surface area contributed by atoms with E-state index in [9.17, 15) is 9.00 Å². The average Bonchev–Trinajstić information content (AvgIpc) is 2.80. The number of anilines is 1. The molecule has 162 valence electrons. The van der Waals surface area contributed by atoms with E-state index in [1.54, 1.807) is 61.7 Å². The van der Waals surface area contributed by atoms with Gasteiger partial charge in [0, 0.05) is 23.8 Å². The second kappa shape index (κ2) is 9.53. The molecule has 1 N–H and O–H groups in total. The van der Waals surface area contributed by atoms with Crippen LogP contribution < -0.4 is 19.5 Å². The minimum Gasteiger partial charge on any atom is -0.494 e. The molecule has 31 heavy (non-hydrogen) atoms. The Kier molecular flexibility index (Phi) is 6.81. The monoisotopic (exact) mass is 440 g/mol. The van der Waals surface area contributed by atoms with Gasteiger partial charge in [0.05, 0.1) is 23.9 Å². The second-order valence-corrected chi connectivity index (χ2v) is 8.99. The number of ether oxygens (including phenoxy) is 3. The fourth-order valence-corrected chi connectivity index (χ4v) is 3.76. The van der Waals surface area contributed by atoms with Gasteiger partial charge < -0.3 is 19.5 Å². The molecule has 0 bridgehead atoms. The quantitative estimate of drug-likeness (QED) is 0.568. The molecule has 0 aliphatic rings. The number of rotatable bonds is 7. The molecular formula is C23H24N2O5S. The van der Waals surface area contributed by atoms with E-state index >= 15 is 0 Å². The first-order valence-corrected chi connectivity index (χ1v) is 11.3. The van der Waals surface area contributed by atoms with Gasteiger partial charge in [0.2, 0.25) is 0 Å². The van der Waals surface area contributed by atoms with E-state index in [4.69, 9.17) is 14.2 Å². The van der Waals surface area contributed by atoms with Crippen molar-refractivity contribution in [3.63, 3.8) is 0 Å². The number of para-hydroxylation sites is 3. The third kappa shape index (κ3) is 4.97. The topological polar surface area (TPSA) is 86.2 Å². The van der Waals surface area contributed by atoms with Crippen LogP contribution in [0.2, 0.25) is 0 Å². The highest BCUT2D eigenvalue weighted by Crippen LogP contribution is 2.40. The van der Waals surface area contributed by atoms with E-state index in [2.05, 4.69) is 9.68 Å². The summed E-state index contributed by atoms with van der Waals surface area (Å²) in [5, 5.41) is 2.85. The SMILES string of the molecule is CN=S(C)(=O)c1cccc(C(=O)Nc2c(OC)cccc2Oc2ccccc2OC)c1. The molecule has 0 spiro atoms. The Labute approximate surface area is 182 Å².